The number of nitro benzene ring substituents is 1. The molecule has 120 valence electrons. The van der Waals surface area contributed by atoms with Gasteiger partial charge in [0.1, 0.15) is 5.82 Å². The predicted molar refractivity (Wildman–Crippen MR) is 79.2 cm³/mol. The molecule has 1 heterocycles. The number of carbonyl (C=O) groups is 3. The second-order valence-electron chi connectivity index (χ2n) is 5.11. The van der Waals surface area contributed by atoms with Gasteiger partial charge < -0.3 is 0 Å². The smallest absolute Gasteiger partial charge is 0.270 e. The fourth-order valence-electron chi connectivity index (χ4n) is 2.41. The number of rotatable bonds is 4. The molecule has 0 aromatic heterocycles. The van der Waals surface area contributed by atoms with E-state index in [0.29, 0.717) is 0 Å². The first-order valence-corrected chi connectivity index (χ1v) is 6.82. The van der Waals surface area contributed by atoms with Crippen molar-refractivity contribution in [3.63, 3.8) is 0 Å². The molecule has 0 radical (unpaired) electrons. The molecule has 3 rings (SSSR count). The van der Waals surface area contributed by atoms with Crippen molar-refractivity contribution in [2.24, 2.45) is 0 Å². The summed E-state index contributed by atoms with van der Waals surface area (Å²) < 4.78 is 12.9. The van der Waals surface area contributed by atoms with Gasteiger partial charge in [0.25, 0.3) is 17.5 Å². The van der Waals surface area contributed by atoms with Gasteiger partial charge >= 0.3 is 0 Å². The van der Waals surface area contributed by atoms with Crippen molar-refractivity contribution in [1.82, 2.24) is 4.90 Å². The number of benzene rings is 2. The molecule has 0 aliphatic carbocycles. The first-order chi connectivity index (χ1) is 11.4. The van der Waals surface area contributed by atoms with Crippen molar-refractivity contribution in [3.05, 3.63) is 75.1 Å². The zero-order valence-electron chi connectivity index (χ0n) is 12.1. The maximum Gasteiger partial charge on any atom is 0.270 e. The highest BCUT2D eigenvalue weighted by molar-refractivity contribution is 6.23. The molecule has 2 amide bonds. The van der Waals surface area contributed by atoms with Crippen molar-refractivity contribution in [3.8, 4) is 0 Å². The first-order valence-electron chi connectivity index (χ1n) is 6.82. The van der Waals surface area contributed by atoms with Crippen LogP contribution < -0.4 is 0 Å². The van der Waals surface area contributed by atoms with Gasteiger partial charge in [-0.25, -0.2) is 4.39 Å². The molecule has 8 heteroatoms. The third kappa shape index (κ3) is 2.54. The monoisotopic (exact) mass is 328 g/mol. The molecule has 24 heavy (non-hydrogen) atoms. The summed E-state index contributed by atoms with van der Waals surface area (Å²) in [6, 6.07) is 8.02. The Labute approximate surface area is 134 Å². The standard InChI is InChI=1S/C16H9FN2O5/c17-10-3-1-9(2-4-10)14(20)8-18-15(21)12-6-5-11(19(23)24)7-13(12)16(18)22/h1-7H,8H2. The van der Waals surface area contributed by atoms with E-state index >= 15 is 0 Å². The predicted octanol–water partition coefficient (Wildman–Crippen LogP) is 2.21. The summed E-state index contributed by atoms with van der Waals surface area (Å²) in [6.07, 6.45) is 0. The van der Waals surface area contributed by atoms with E-state index in [9.17, 15) is 28.9 Å². The van der Waals surface area contributed by atoms with Gasteiger partial charge in [-0.3, -0.25) is 29.4 Å². The summed E-state index contributed by atoms with van der Waals surface area (Å²) in [5.74, 6) is -2.52. The van der Waals surface area contributed by atoms with Crippen LogP contribution in [0.4, 0.5) is 10.1 Å². The number of ketones is 1. The number of non-ortho nitro benzene ring substituents is 1. The molecule has 0 spiro atoms. The second-order valence-corrected chi connectivity index (χ2v) is 5.11. The van der Waals surface area contributed by atoms with E-state index in [-0.39, 0.29) is 22.4 Å². The summed E-state index contributed by atoms with van der Waals surface area (Å²) >= 11 is 0. The number of halogens is 1. The van der Waals surface area contributed by atoms with E-state index in [2.05, 4.69) is 0 Å². The highest BCUT2D eigenvalue weighted by Crippen LogP contribution is 2.26. The van der Waals surface area contributed by atoms with Gasteiger partial charge in [-0.05, 0) is 30.3 Å². The number of hydrogen-bond acceptors (Lipinski definition) is 5. The summed E-state index contributed by atoms with van der Waals surface area (Å²) in [5.41, 5.74) is -0.265. The molecule has 2 aromatic carbocycles. The fraction of sp³-hybridized carbons (Fsp3) is 0.0625. The van der Waals surface area contributed by atoms with E-state index in [1.807, 2.05) is 0 Å². The maximum absolute atomic E-state index is 12.9. The SMILES string of the molecule is O=C(CN1C(=O)c2ccc([N+](=O)[O-])cc2C1=O)c1ccc(F)cc1. The molecule has 0 saturated heterocycles. The highest BCUT2D eigenvalue weighted by atomic mass is 19.1. The summed E-state index contributed by atoms with van der Waals surface area (Å²) in [5, 5.41) is 10.8. The number of amides is 2. The zero-order valence-corrected chi connectivity index (χ0v) is 12.1. The molecular formula is C16H9FN2O5. The number of fused-ring (bicyclic) bond motifs is 1. The Hall–Kier alpha value is -3.42. The van der Waals surface area contributed by atoms with E-state index < -0.39 is 34.9 Å². The lowest BCUT2D eigenvalue weighted by Gasteiger charge is -2.12. The first kappa shape index (κ1) is 15.5. The Bertz CT molecular complexity index is 892. The minimum Gasteiger partial charge on any atom is -0.292 e. The van der Waals surface area contributed by atoms with Crippen LogP contribution in [0.5, 0.6) is 0 Å². The molecule has 0 N–H and O–H groups in total. The van der Waals surface area contributed by atoms with Gasteiger partial charge in [-0.1, -0.05) is 0 Å². The van der Waals surface area contributed by atoms with Crippen molar-refractivity contribution in [1.29, 1.82) is 0 Å². The third-order valence-corrected chi connectivity index (χ3v) is 3.63. The van der Waals surface area contributed by atoms with Crippen LogP contribution in [-0.4, -0.2) is 34.0 Å². The highest BCUT2D eigenvalue weighted by Gasteiger charge is 2.37. The van der Waals surface area contributed by atoms with E-state index in [4.69, 9.17) is 0 Å². The van der Waals surface area contributed by atoms with E-state index in [0.717, 1.165) is 29.2 Å². The molecule has 0 unspecified atom stereocenters. The average Bonchev–Trinajstić information content (AvgIpc) is 2.80. The Balaban J connectivity index is 1.86. The van der Waals surface area contributed by atoms with Gasteiger partial charge in [-0.2, -0.15) is 0 Å². The summed E-state index contributed by atoms with van der Waals surface area (Å²) in [4.78, 5) is 47.5. The molecule has 0 saturated carbocycles. The van der Waals surface area contributed by atoms with E-state index in [1.165, 1.54) is 18.2 Å². The zero-order chi connectivity index (χ0) is 17.4. The fourth-order valence-corrected chi connectivity index (χ4v) is 2.41. The molecule has 1 aliphatic rings. The van der Waals surface area contributed by atoms with Crippen molar-refractivity contribution in [2.45, 2.75) is 0 Å². The Kier molecular flexibility index (Phi) is 3.64. The van der Waals surface area contributed by atoms with Crippen LogP contribution in [0.1, 0.15) is 31.1 Å². The lowest BCUT2D eigenvalue weighted by molar-refractivity contribution is -0.384. The van der Waals surface area contributed by atoms with Crippen LogP contribution in [0.3, 0.4) is 0 Å². The molecule has 7 nitrogen and oxygen atoms in total. The molecule has 2 aromatic rings. The van der Waals surface area contributed by atoms with E-state index in [1.54, 1.807) is 0 Å². The topological polar surface area (TPSA) is 97.6 Å². The Morgan fingerprint density at radius 3 is 2.29 bits per heavy atom. The van der Waals surface area contributed by atoms with Gasteiger partial charge in [-0.15, -0.1) is 0 Å². The lowest BCUT2D eigenvalue weighted by atomic mass is 10.1. The van der Waals surface area contributed by atoms with Crippen molar-refractivity contribution in [2.75, 3.05) is 6.54 Å². The third-order valence-electron chi connectivity index (χ3n) is 3.63. The molecular weight excluding hydrogens is 319 g/mol. The average molecular weight is 328 g/mol. The second kappa shape index (κ2) is 5.65. The van der Waals surface area contributed by atoms with Crippen LogP contribution in [0.2, 0.25) is 0 Å². The number of nitro groups is 1. The van der Waals surface area contributed by atoms with Crippen LogP contribution in [0.15, 0.2) is 42.5 Å². The van der Waals surface area contributed by atoms with Crippen LogP contribution in [-0.2, 0) is 0 Å². The number of hydrogen-bond donors (Lipinski definition) is 0. The van der Waals surface area contributed by atoms with Crippen LogP contribution in [0, 0.1) is 15.9 Å². The molecule has 0 atom stereocenters. The quantitative estimate of drug-likeness (QED) is 0.371. The minimum atomic E-state index is -0.769. The van der Waals surface area contributed by atoms with Crippen molar-refractivity contribution < 1.29 is 23.7 Å². The number of Topliss-reactive ketones (excluding diaryl/α,β-unsaturated/α-hetero) is 1. The minimum absolute atomic E-state index is 0.0116. The van der Waals surface area contributed by atoms with Crippen LogP contribution >= 0.6 is 0 Å². The Morgan fingerprint density at radius 1 is 1.04 bits per heavy atom. The number of nitrogens with zero attached hydrogens (tertiary/aromatic N) is 2. The van der Waals surface area contributed by atoms with Crippen LogP contribution in [0.25, 0.3) is 0 Å². The van der Waals surface area contributed by atoms with Gasteiger partial charge in [0, 0.05) is 17.7 Å². The normalized spacial score (nSPS) is 13.1. The van der Waals surface area contributed by atoms with Gasteiger partial charge in [0.05, 0.1) is 22.6 Å². The van der Waals surface area contributed by atoms with Crippen molar-refractivity contribution >= 4 is 23.3 Å². The molecule has 1 aliphatic heterocycles. The number of imide groups is 1. The Morgan fingerprint density at radius 2 is 1.67 bits per heavy atom. The summed E-state index contributed by atoms with van der Waals surface area (Å²) in [6.45, 7) is -0.522. The van der Waals surface area contributed by atoms with Gasteiger partial charge in [0.15, 0.2) is 5.78 Å². The lowest BCUT2D eigenvalue weighted by Crippen LogP contribution is -2.34. The summed E-state index contributed by atoms with van der Waals surface area (Å²) in [7, 11) is 0. The number of carbonyl (C=O) groups excluding carboxylic acids is 3. The maximum atomic E-state index is 12.9. The van der Waals surface area contributed by atoms with Gasteiger partial charge in [0.2, 0.25) is 0 Å². The largest absolute Gasteiger partial charge is 0.292 e. The molecule has 0 fully saturated rings. The molecule has 0 bridgehead atoms.